The van der Waals surface area contributed by atoms with E-state index < -0.39 is 18.0 Å². The molecule has 5 nitrogen and oxygen atoms in total. The van der Waals surface area contributed by atoms with Crippen LogP contribution in [0.2, 0.25) is 0 Å². The molecule has 6 heteroatoms. The van der Waals surface area contributed by atoms with Gasteiger partial charge in [0.1, 0.15) is 6.04 Å². The molecular formula is C10H16N2O3S. The first kappa shape index (κ1) is 14.6. The van der Waals surface area contributed by atoms with Gasteiger partial charge in [-0.2, -0.15) is 11.8 Å². The monoisotopic (exact) mass is 244 g/mol. The predicted molar refractivity (Wildman–Crippen MR) is 64.4 cm³/mol. The first-order chi connectivity index (χ1) is 7.51. The van der Waals surface area contributed by atoms with Crippen LogP contribution >= 0.6 is 11.8 Å². The van der Waals surface area contributed by atoms with Crippen LogP contribution in [0.25, 0.3) is 0 Å². The van der Waals surface area contributed by atoms with Gasteiger partial charge in [-0.3, -0.25) is 0 Å². The number of urea groups is 1. The summed E-state index contributed by atoms with van der Waals surface area (Å²) < 4.78 is 0. The summed E-state index contributed by atoms with van der Waals surface area (Å²) in [5.41, 5.74) is 0. The summed E-state index contributed by atoms with van der Waals surface area (Å²) in [4.78, 5) is 22.0. The fourth-order valence-electron chi connectivity index (χ4n) is 0.847. The van der Waals surface area contributed by atoms with Crippen molar-refractivity contribution < 1.29 is 14.7 Å². The lowest BCUT2D eigenvalue weighted by atomic mass is 10.2. The van der Waals surface area contributed by atoms with Crippen LogP contribution in [-0.4, -0.2) is 41.2 Å². The summed E-state index contributed by atoms with van der Waals surface area (Å²) in [6.07, 6.45) is 6.90. The molecular weight excluding hydrogens is 228 g/mol. The standard InChI is InChI=1S/C10H16N2O3S/c1-4-5-8(9(13)14)12-10(15)11-6-7(2)16-3/h1,7-8H,5-6H2,2-3H3,(H,13,14)(H2,11,12,15). The Hall–Kier alpha value is -1.35. The fraction of sp³-hybridized carbons (Fsp3) is 0.600. The number of aliphatic carboxylic acids is 1. The van der Waals surface area contributed by atoms with Gasteiger partial charge < -0.3 is 15.7 Å². The van der Waals surface area contributed by atoms with E-state index in [0.29, 0.717) is 6.54 Å². The van der Waals surface area contributed by atoms with Gasteiger partial charge in [0.15, 0.2) is 0 Å². The second-order valence-electron chi connectivity index (χ2n) is 3.20. The van der Waals surface area contributed by atoms with Crippen LogP contribution in [0.4, 0.5) is 4.79 Å². The molecule has 0 aliphatic heterocycles. The zero-order chi connectivity index (χ0) is 12.6. The quantitative estimate of drug-likeness (QED) is 0.595. The van der Waals surface area contributed by atoms with Gasteiger partial charge >= 0.3 is 12.0 Å². The van der Waals surface area contributed by atoms with Gasteiger partial charge in [-0.1, -0.05) is 6.92 Å². The van der Waals surface area contributed by atoms with Crippen LogP contribution in [0.3, 0.4) is 0 Å². The third-order valence-electron chi connectivity index (χ3n) is 1.88. The summed E-state index contributed by atoms with van der Waals surface area (Å²) in [6.45, 7) is 2.44. The number of hydrogen-bond donors (Lipinski definition) is 3. The number of rotatable bonds is 6. The number of carboxylic acids is 1. The van der Waals surface area contributed by atoms with E-state index in [1.807, 2.05) is 13.2 Å². The van der Waals surface area contributed by atoms with E-state index in [1.165, 1.54) is 0 Å². The van der Waals surface area contributed by atoms with Crippen molar-refractivity contribution in [2.45, 2.75) is 24.6 Å². The molecule has 3 N–H and O–H groups in total. The average molecular weight is 244 g/mol. The molecule has 0 spiro atoms. The molecule has 0 heterocycles. The molecule has 16 heavy (non-hydrogen) atoms. The van der Waals surface area contributed by atoms with Crippen LogP contribution < -0.4 is 10.6 Å². The van der Waals surface area contributed by atoms with E-state index in [-0.39, 0.29) is 11.7 Å². The Balaban J connectivity index is 4.01. The van der Waals surface area contributed by atoms with Crippen LogP contribution in [0.15, 0.2) is 0 Å². The van der Waals surface area contributed by atoms with E-state index in [1.54, 1.807) is 11.8 Å². The van der Waals surface area contributed by atoms with Gasteiger partial charge in [0.2, 0.25) is 0 Å². The Labute approximate surface area is 99.4 Å². The molecule has 2 amide bonds. The molecule has 0 radical (unpaired) electrons. The van der Waals surface area contributed by atoms with Crippen molar-refractivity contribution in [1.82, 2.24) is 10.6 Å². The third-order valence-corrected chi connectivity index (χ3v) is 2.85. The number of thioether (sulfide) groups is 1. The summed E-state index contributed by atoms with van der Waals surface area (Å²) in [7, 11) is 0. The van der Waals surface area contributed by atoms with Crippen LogP contribution in [0.5, 0.6) is 0 Å². The molecule has 0 rings (SSSR count). The van der Waals surface area contributed by atoms with Gasteiger partial charge in [0, 0.05) is 18.2 Å². The molecule has 2 atom stereocenters. The molecule has 0 aliphatic rings. The van der Waals surface area contributed by atoms with Gasteiger partial charge in [-0.05, 0) is 6.26 Å². The fourth-order valence-corrected chi connectivity index (χ4v) is 1.10. The van der Waals surface area contributed by atoms with Gasteiger partial charge in [0.05, 0.1) is 0 Å². The van der Waals surface area contributed by atoms with E-state index >= 15 is 0 Å². The van der Waals surface area contributed by atoms with E-state index in [4.69, 9.17) is 11.5 Å². The summed E-state index contributed by atoms with van der Waals surface area (Å²) in [6, 6.07) is -1.54. The highest BCUT2D eigenvalue weighted by Gasteiger charge is 2.18. The maximum Gasteiger partial charge on any atom is 0.327 e. The van der Waals surface area contributed by atoms with E-state index in [2.05, 4.69) is 16.6 Å². The lowest BCUT2D eigenvalue weighted by Gasteiger charge is -2.14. The Morgan fingerprint density at radius 1 is 1.56 bits per heavy atom. The molecule has 0 fully saturated rings. The molecule has 0 saturated carbocycles. The Kier molecular flexibility index (Phi) is 7.21. The van der Waals surface area contributed by atoms with Crippen molar-refractivity contribution in [2.75, 3.05) is 12.8 Å². The Morgan fingerprint density at radius 3 is 2.62 bits per heavy atom. The van der Waals surface area contributed by atoms with Crippen LogP contribution in [0, 0.1) is 12.3 Å². The van der Waals surface area contributed by atoms with E-state index in [9.17, 15) is 9.59 Å². The Morgan fingerprint density at radius 2 is 2.19 bits per heavy atom. The molecule has 2 unspecified atom stereocenters. The van der Waals surface area contributed by atoms with Crippen LogP contribution in [0.1, 0.15) is 13.3 Å². The van der Waals surface area contributed by atoms with Crippen molar-refractivity contribution in [2.24, 2.45) is 0 Å². The average Bonchev–Trinajstić information content (AvgIpc) is 2.25. The normalized spacial score (nSPS) is 13.3. The number of amides is 2. The molecule has 90 valence electrons. The maximum absolute atomic E-state index is 11.3. The lowest BCUT2D eigenvalue weighted by molar-refractivity contribution is -0.139. The third kappa shape index (κ3) is 6.19. The zero-order valence-electron chi connectivity index (χ0n) is 9.32. The predicted octanol–water partition coefficient (Wildman–Crippen LogP) is 0.514. The summed E-state index contributed by atoms with van der Waals surface area (Å²) in [5.74, 6) is 1.07. The van der Waals surface area contributed by atoms with Gasteiger partial charge in [-0.15, -0.1) is 12.3 Å². The SMILES string of the molecule is C#CCC(NC(=O)NCC(C)SC)C(=O)O. The first-order valence-corrected chi connectivity index (χ1v) is 6.03. The maximum atomic E-state index is 11.3. The van der Waals surface area contributed by atoms with Crippen LogP contribution in [-0.2, 0) is 4.79 Å². The van der Waals surface area contributed by atoms with Gasteiger partial charge in [0.25, 0.3) is 0 Å². The molecule has 0 aromatic heterocycles. The highest BCUT2D eigenvalue weighted by atomic mass is 32.2. The number of carbonyl (C=O) groups excluding carboxylic acids is 1. The molecule has 0 aromatic carbocycles. The number of nitrogens with one attached hydrogen (secondary N) is 2. The molecule has 0 aliphatic carbocycles. The number of hydrogen-bond acceptors (Lipinski definition) is 3. The van der Waals surface area contributed by atoms with Crippen molar-refractivity contribution in [3.8, 4) is 12.3 Å². The highest BCUT2D eigenvalue weighted by Crippen LogP contribution is 2.02. The van der Waals surface area contributed by atoms with Gasteiger partial charge in [-0.25, -0.2) is 9.59 Å². The molecule has 0 bridgehead atoms. The minimum atomic E-state index is -1.13. The van der Waals surface area contributed by atoms with Crippen molar-refractivity contribution >= 4 is 23.8 Å². The van der Waals surface area contributed by atoms with Crippen molar-refractivity contribution in [1.29, 1.82) is 0 Å². The number of carbonyl (C=O) groups is 2. The largest absolute Gasteiger partial charge is 0.480 e. The smallest absolute Gasteiger partial charge is 0.327 e. The number of terminal acetylenes is 1. The molecule has 0 saturated heterocycles. The minimum absolute atomic E-state index is 0.0269. The summed E-state index contributed by atoms with van der Waals surface area (Å²) >= 11 is 1.61. The number of carboxylic acid groups (broad SMARTS) is 1. The minimum Gasteiger partial charge on any atom is -0.480 e. The highest BCUT2D eigenvalue weighted by molar-refractivity contribution is 7.99. The topological polar surface area (TPSA) is 78.4 Å². The molecule has 0 aromatic rings. The first-order valence-electron chi connectivity index (χ1n) is 4.74. The second-order valence-corrected chi connectivity index (χ2v) is 4.48. The van der Waals surface area contributed by atoms with Crippen molar-refractivity contribution in [3.05, 3.63) is 0 Å². The van der Waals surface area contributed by atoms with Crippen molar-refractivity contribution in [3.63, 3.8) is 0 Å². The van der Waals surface area contributed by atoms with E-state index in [0.717, 1.165) is 0 Å². The Bertz CT molecular complexity index is 288. The zero-order valence-corrected chi connectivity index (χ0v) is 10.1. The second kappa shape index (κ2) is 7.88. The summed E-state index contributed by atoms with van der Waals surface area (Å²) in [5, 5.41) is 13.9. The lowest BCUT2D eigenvalue weighted by Crippen LogP contribution is -2.47.